The molecule has 0 radical (unpaired) electrons. The number of hydrogen-bond acceptors (Lipinski definition) is 5. The van der Waals surface area contributed by atoms with E-state index in [1.54, 1.807) is 22.8 Å². The molecule has 2 heterocycles. The second kappa shape index (κ2) is 10.6. The molecule has 4 rings (SSSR count). The van der Waals surface area contributed by atoms with Crippen LogP contribution in [0.5, 0.6) is 5.75 Å². The first kappa shape index (κ1) is 24.3. The van der Waals surface area contributed by atoms with Crippen molar-refractivity contribution in [2.24, 2.45) is 5.92 Å². The fourth-order valence-electron chi connectivity index (χ4n) is 5.42. The Hall–Kier alpha value is -1.84. The Bertz CT molecular complexity index is 911. The fraction of sp³-hybridized carbons (Fsp3) is 0.708. The van der Waals surface area contributed by atoms with E-state index in [0.29, 0.717) is 26.2 Å². The summed E-state index contributed by atoms with van der Waals surface area (Å²) in [5.41, 5.74) is 1.10. The first-order valence-electron chi connectivity index (χ1n) is 12.3. The van der Waals surface area contributed by atoms with Crippen LogP contribution < -0.4 is 9.64 Å². The van der Waals surface area contributed by atoms with Gasteiger partial charge in [0, 0.05) is 64.1 Å². The molecule has 3 fully saturated rings. The Morgan fingerprint density at radius 2 is 1.73 bits per heavy atom. The van der Waals surface area contributed by atoms with Gasteiger partial charge in [-0.1, -0.05) is 25.3 Å². The molecule has 0 aromatic heterocycles. The molecule has 9 heteroatoms. The van der Waals surface area contributed by atoms with E-state index in [0.717, 1.165) is 63.1 Å². The minimum atomic E-state index is -3.53. The van der Waals surface area contributed by atoms with Gasteiger partial charge in [-0.3, -0.25) is 4.79 Å². The van der Waals surface area contributed by atoms with Crippen LogP contribution in [-0.2, 0) is 15.0 Å². The van der Waals surface area contributed by atoms with Crippen LogP contribution >= 0.6 is 0 Å². The van der Waals surface area contributed by atoms with Crippen molar-refractivity contribution in [1.29, 1.82) is 0 Å². The van der Waals surface area contributed by atoms with Crippen LogP contribution in [0.3, 0.4) is 0 Å². The van der Waals surface area contributed by atoms with Gasteiger partial charge in [0.2, 0.25) is 5.91 Å². The van der Waals surface area contributed by atoms with E-state index in [9.17, 15) is 13.2 Å². The standard InChI is InChI=1S/C24H38N4O4S/c1-25(21-9-4-3-5-10-21)33(30,31)28-13-7-8-20(19-28)24(29)27-16-14-26(15-17-27)22-11-6-12-23(18-22)32-2/h6,11-12,18,20-21H,3-5,7-10,13-17,19H2,1-2H3. The topological polar surface area (TPSA) is 73.4 Å². The number of methoxy groups -OCH3 is 1. The number of piperazine rings is 1. The number of amides is 1. The summed E-state index contributed by atoms with van der Waals surface area (Å²) in [5.74, 6) is 0.671. The monoisotopic (exact) mass is 478 g/mol. The summed E-state index contributed by atoms with van der Waals surface area (Å²) < 4.78 is 35.0. The molecule has 2 saturated heterocycles. The van der Waals surface area contributed by atoms with Crippen LogP contribution in [0.4, 0.5) is 5.69 Å². The van der Waals surface area contributed by atoms with Crippen LogP contribution in [0, 0.1) is 5.92 Å². The average Bonchev–Trinajstić information content (AvgIpc) is 2.88. The average molecular weight is 479 g/mol. The number of ether oxygens (including phenoxy) is 1. The molecule has 1 unspecified atom stereocenters. The normalized spacial score (nSPS) is 23.7. The molecule has 0 spiro atoms. The predicted octanol–water partition coefficient (Wildman–Crippen LogP) is 2.57. The van der Waals surface area contributed by atoms with E-state index in [1.165, 1.54) is 6.42 Å². The Balaban J connectivity index is 1.34. The Labute approximate surface area is 198 Å². The first-order chi connectivity index (χ1) is 15.9. The number of benzene rings is 1. The van der Waals surface area contributed by atoms with E-state index in [2.05, 4.69) is 11.0 Å². The van der Waals surface area contributed by atoms with Crippen molar-refractivity contribution in [3.05, 3.63) is 24.3 Å². The number of hydrogen-bond donors (Lipinski definition) is 0. The molecule has 1 saturated carbocycles. The molecule has 1 aliphatic carbocycles. The molecule has 184 valence electrons. The summed E-state index contributed by atoms with van der Waals surface area (Å²) in [6.45, 7) is 3.64. The second-order valence-electron chi connectivity index (χ2n) is 9.53. The molecule has 8 nitrogen and oxygen atoms in total. The van der Waals surface area contributed by atoms with Gasteiger partial charge < -0.3 is 14.5 Å². The van der Waals surface area contributed by atoms with E-state index in [-0.39, 0.29) is 17.9 Å². The Kier molecular flexibility index (Phi) is 7.81. The van der Waals surface area contributed by atoms with Crippen molar-refractivity contribution in [3.8, 4) is 5.75 Å². The van der Waals surface area contributed by atoms with Gasteiger partial charge in [0.25, 0.3) is 10.2 Å². The lowest BCUT2D eigenvalue weighted by atomic mass is 9.96. The number of nitrogens with zero attached hydrogens (tertiary/aromatic N) is 4. The minimum Gasteiger partial charge on any atom is -0.497 e. The van der Waals surface area contributed by atoms with Gasteiger partial charge in [-0.2, -0.15) is 17.0 Å². The van der Waals surface area contributed by atoms with Crippen LogP contribution in [0.25, 0.3) is 0 Å². The van der Waals surface area contributed by atoms with E-state index in [4.69, 9.17) is 4.74 Å². The predicted molar refractivity (Wildman–Crippen MR) is 130 cm³/mol. The van der Waals surface area contributed by atoms with Crippen LogP contribution in [0.15, 0.2) is 24.3 Å². The van der Waals surface area contributed by atoms with Crippen molar-refractivity contribution in [3.63, 3.8) is 0 Å². The first-order valence-corrected chi connectivity index (χ1v) is 13.7. The molecular formula is C24H38N4O4S. The minimum absolute atomic E-state index is 0.0875. The molecule has 1 aromatic carbocycles. The lowest BCUT2D eigenvalue weighted by molar-refractivity contribution is -0.137. The van der Waals surface area contributed by atoms with Crippen LogP contribution in [-0.4, -0.2) is 87.3 Å². The van der Waals surface area contributed by atoms with Crippen LogP contribution in [0.2, 0.25) is 0 Å². The zero-order valence-corrected chi connectivity index (χ0v) is 20.8. The Morgan fingerprint density at radius 3 is 2.42 bits per heavy atom. The number of carbonyl (C=O) groups is 1. The number of carbonyl (C=O) groups excluding carboxylic acids is 1. The molecule has 3 aliphatic rings. The van der Waals surface area contributed by atoms with Crippen molar-refractivity contribution in [2.75, 3.05) is 58.3 Å². The van der Waals surface area contributed by atoms with E-state index in [1.807, 2.05) is 23.1 Å². The maximum Gasteiger partial charge on any atom is 0.281 e. The highest BCUT2D eigenvalue weighted by atomic mass is 32.2. The van der Waals surface area contributed by atoms with E-state index < -0.39 is 10.2 Å². The molecule has 0 N–H and O–H groups in total. The van der Waals surface area contributed by atoms with Crippen LogP contribution in [0.1, 0.15) is 44.9 Å². The highest BCUT2D eigenvalue weighted by Gasteiger charge is 2.38. The molecule has 1 aromatic rings. The zero-order valence-electron chi connectivity index (χ0n) is 20.0. The van der Waals surface area contributed by atoms with Gasteiger partial charge in [0.15, 0.2) is 0 Å². The summed E-state index contributed by atoms with van der Waals surface area (Å²) in [6, 6.07) is 8.08. The Morgan fingerprint density at radius 1 is 1.00 bits per heavy atom. The maximum absolute atomic E-state index is 13.3. The quantitative estimate of drug-likeness (QED) is 0.628. The molecule has 33 heavy (non-hydrogen) atoms. The third kappa shape index (κ3) is 5.46. The molecule has 1 atom stereocenters. The summed E-state index contributed by atoms with van der Waals surface area (Å²) in [5, 5.41) is 0. The van der Waals surface area contributed by atoms with Gasteiger partial charge in [-0.15, -0.1) is 0 Å². The van der Waals surface area contributed by atoms with Crippen molar-refractivity contribution < 1.29 is 17.9 Å². The molecule has 0 bridgehead atoms. The smallest absolute Gasteiger partial charge is 0.281 e. The van der Waals surface area contributed by atoms with Gasteiger partial charge in [-0.25, -0.2) is 0 Å². The van der Waals surface area contributed by atoms with Gasteiger partial charge in [-0.05, 0) is 37.8 Å². The zero-order chi connectivity index (χ0) is 23.4. The largest absolute Gasteiger partial charge is 0.497 e. The van der Waals surface area contributed by atoms with Crippen molar-refractivity contribution >= 4 is 21.8 Å². The van der Waals surface area contributed by atoms with Crippen molar-refractivity contribution in [2.45, 2.75) is 51.0 Å². The fourth-order valence-corrected chi connectivity index (χ4v) is 7.10. The maximum atomic E-state index is 13.3. The number of anilines is 1. The number of piperidine rings is 1. The lowest BCUT2D eigenvalue weighted by Crippen LogP contribution is -2.55. The summed E-state index contributed by atoms with van der Waals surface area (Å²) in [7, 11) is -0.155. The van der Waals surface area contributed by atoms with Gasteiger partial charge >= 0.3 is 0 Å². The second-order valence-corrected chi connectivity index (χ2v) is 11.5. The summed E-state index contributed by atoms with van der Waals surface area (Å²) >= 11 is 0. The summed E-state index contributed by atoms with van der Waals surface area (Å²) in [4.78, 5) is 17.5. The third-order valence-corrected chi connectivity index (χ3v) is 9.53. The highest BCUT2D eigenvalue weighted by molar-refractivity contribution is 7.86. The van der Waals surface area contributed by atoms with Gasteiger partial charge in [0.05, 0.1) is 13.0 Å². The SMILES string of the molecule is COc1cccc(N2CCN(C(=O)C3CCCN(S(=O)(=O)N(C)C4CCCCC4)C3)CC2)c1. The van der Waals surface area contributed by atoms with Crippen molar-refractivity contribution in [1.82, 2.24) is 13.5 Å². The van der Waals surface area contributed by atoms with Gasteiger partial charge in [0.1, 0.15) is 5.75 Å². The molecule has 2 aliphatic heterocycles. The summed E-state index contributed by atoms with van der Waals surface area (Å²) in [6.07, 6.45) is 6.73. The third-order valence-electron chi connectivity index (χ3n) is 7.52. The lowest BCUT2D eigenvalue weighted by Gasteiger charge is -2.41. The highest BCUT2D eigenvalue weighted by Crippen LogP contribution is 2.28. The number of rotatable bonds is 6. The molecular weight excluding hydrogens is 440 g/mol. The molecule has 1 amide bonds. The van der Waals surface area contributed by atoms with E-state index >= 15 is 0 Å².